The van der Waals surface area contributed by atoms with Gasteiger partial charge in [-0.2, -0.15) is 0 Å². The minimum Gasteiger partial charge on any atom is -0.493 e. The van der Waals surface area contributed by atoms with Crippen LogP contribution in [0.4, 0.5) is 0 Å². The minimum absolute atomic E-state index is 0.165. The molecule has 0 bridgehead atoms. The van der Waals surface area contributed by atoms with Crippen LogP contribution in [0.15, 0.2) is 18.2 Å². The molecular formula is C21H32O3. The van der Waals surface area contributed by atoms with Gasteiger partial charge in [0, 0.05) is 6.07 Å². The van der Waals surface area contributed by atoms with Gasteiger partial charge in [0.15, 0.2) is 0 Å². The Morgan fingerprint density at radius 2 is 2.17 bits per heavy atom. The second-order valence-electron chi connectivity index (χ2n) is 7.48. The Kier molecular flexibility index (Phi) is 5.70. The quantitative estimate of drug-likeness (QED) is 0.586. The van der Waals surface area contributed by atoms with Crippen molar-refractivity contribution in [3.8, 4) is 11.5 Å². The third-order valence-corrected chi connectivity index (χ3v) is 5.83. The molecule has 0 amide bonds. The van der Waals surface area contributed by atoms with E-state index in [-0.39, 0.29) is 5.60 Å². The summed E-state index contributed by atoms with van der Waals surface area (Å²) in [6.07, 6.45) is 8.60. The SMILES string of the molecule is CCC(CCOc1ccc2c(c1)OCCC2)CCC1OC1(C)CC. The van der Waals surface area contributed by atoms with Crippen LogP contribution in [0.3, 0.4) is 0 Å². The fraction of sp³-hybridized carbons (Fsp3) is 0.714. The first kappa shape index (κ1) is 17.6. The zero-order chi connectivity index (χ0) is 17.0. The van der Waals surface area contributed by atoms with Crippen LogP contribution in [0.1, 0.15) is 64.9 Å². The zero-order valence-corrected chi connectivity index (χ0v) is 15.5. The van der Waals surface area contributed by atoms with Gasteiger partial charge in [0.2, 0.25) is 0 Å². The van der Waals surface area contributed by atoms with Crippen molar-refractivity contribution in [1.29, 1.82) is 0 Å². The highest BCUT2D eigenvalue weighted by atomic mass is 16.6. The molecule has 3 rings (SSSR count). The average molecular weight is 332 g/mol. The van der Waals surface area contributed by atoms with Crippen LogP contribution in [0, 0.1) is 5.92 Å². The first-order valence-corrected chi connectivity index (χ1v) is 9.71. The van der Waals surface area contributed by atoms with E-state index in [4.69, 9.17) is 14.2 Å². The van der Waals surface area contributed by atoms with Crippen LogP contribution in [0.5, 0.6) is 11.5 Å². The van der Waals surface area contributed by atoms with Gasteiger partial charge in [0.1, 0.15) is 11.5 Å². The van der Waals surface area contributed by atoms with E-state index in [0.29, 0.717) is 6.10 Å². The van der Waals surface area contributed by atoms with Gasteiger partial charge >= 0.3 is 0 Å². The Morgan fingerprint density at radius 1 is 1.29 bits per heavy atom. The maximum absolute atomic E-state index is 5.98. The largest absolute Gasteiger partial charge is 0.493 e. The summed E-state index contributed by atoms with van der Waals surface area (Å²) in [5, 5.41) is 0. The van der Waals surface area contributed by atoms with E-state index >= 15 is 0 Å². The van der Waals surface area contributed by atoms with Gasteiger partial charge in [-0.25, -0.2) is 0 Å². The molecule has 0 spiro atoms. The van der Waals surface area contributed by atoms with Crippen LogP contribution in [-0.4, -0.2) is 24.9 Å². The van der Waals surface area contributed by atoms with E-state index in [1.54, 1.807) is 0 Å². The molecule has 3 nitrogen and oxygen atoms in total. The standard InChI is InChI=1S/C21H32O3/c1-4-16(8-11-20-21(3,5-2)24-20)12-14-22-18-10-9-17-7-6-13-23-19(17)15-18/h9-10,15-16,20H,4-8,11-14H2,1-3H3. The molecule has 2 aliphatic heterocycles. The molecule has 1 aromatic carbocycles. The number of hydrogen-bond acceptors (Lipinski definition) is 3. The number of benzene rings is 1. The van der Waals surface area contributed by atoms with Crippen molar-refractivity contribution in [1.82, 2.24) is 0 Å². The third kappa shape index (κ3) is 4.24. The number of fused-ring (bicyclic) bond motifs is 1. The molecule has 1 aromatic rings. The summed E-state index contributed by atoms with van der Waals surface area (Å²) in [6, 6.07) is 6.29. The highest BCUT2D eigenvalue weighted by molar-refractivity contribution is 5.41. The summed E-state index contributed by atoms with van der Waals surface area (Å²) < 4.78 is 17.5. The molecule has 2 heterocycles. The lowest BCUT2D eigenvalue weighted by atomic mass is 9.93. The Hall–Kier alpha value is -1.22. The lowest BCUT2D eigenvalue weighted by Gasteiger charge is -2.19. The summed E-state index contributed by atoms with van der Waals surface area (Å²) in [5.74, 6) is 2.68. The van der Waals surface area contributed by atoms with Crippen molar-refractivity contribution in [3.63, 3.8) is 0 Å². The molecule has 2 aliphatic rings. The van der Waals surface area contributed by atoms with Crippen LogP contribution in [0.25, 0.3) is 0 Å². The lowest BCUT2D eigenvalue weighted by molar-refractivity contribution is 0.254. The summed E-state index contributed by atoms with van der Waals surface area (Å²) in [4.78, 5) is 0. The summed E-state index contributed by atoms with van der Waals surface area (Å²) >= 11 is 0. The fourth-order valence-electron chi connectivity index (χ4n) is 3.66. The van der Waals surface area contributed by atoms with E-state index in [1.165, 1.54) is 24.8 Å². The van der Waals surface area contributed by atoms with Gasteiger partial charge in [-0.15, -0.1) is 0 Å². The summed E-state index contributed by atoms with van der Waals surface area (Å²) in [5.41, 5.74) is 1.47. The number of aryl methyl sites for hydroxylation is 1. The Balaban J connectivity index is 1.40. The molecule has 0 aliphatic carbocycles. The Morgan fingerprint density at radius 3 is 2.92 bits per heavy atom. The second kappa shape index (κ2) is 7.77. The van der Waals surface area contributed by atoms with E-state index < -0.39 is 0 Å². The van der Waals surface area contributed by atoms with Gasteiger partial charge in [-0.05, 0) is 63.0 Å². The molecular weight excluding hydrogens is 300 g/mol. The Labute approximate surface area is 146 Å². The van der Waals surface area contributed by atoms with Crippen molar-refractivity contribution in [2.24, 2.45) is 5.92 Å². The molecule has 3 heteroatoms. The molecule has 3 atom stereocenters. The first-order chi connectivity index (χ1) is 11.6. The predicted molar refractivity (Wildman–Crippen MR) is 97.0 cm³/mol. The number of ether oxygens (including phenoxy) is 3. The van der Waals surface area contributed by atoms with Crippen LogP contribution >= 0.6 is 0 Å². The average Bonchev–Trinajstić information content (AvgIpc) is 3.28. The molecule has 0 saturated carbocycles. The smallest absolute Gasteiger partial charge is 0.126 e. The Bertz CT molecular complexity index is 542. The number of epoxide rings is 1. The van der Waals surface area contributed by atoms with E-state index in [0.717, 1.165) is 56.3 Å². The maximum atomic E-state index is 5.98. The van der Waals surface area contributed by atoms with E-state index in [2.05, 4.69) is 39.0 Å². The zero-order valence-electron chi connectivity index (χ0n) is 15.5. The lowest BCUT2D eigenvalue weighted by Crippen LogP contribution is -2.12. The molecule has 24 heavy (non-hydrogen) atoms. The molecule has 0 N–H and O–H groups in total. The minimum atomic E-state index is 0.165. The summed E-state index contributed by atoms with van der Waals surface area (Å²) in [6.45, 7) is 8.35. The third-order valence-electron chi connectivity index (χ3n) is 5.83. The van der Waals surface area contributed by atoms with Crippen molar-refractivity contribution < 1.29 is 14.2 Å². The molecule has 1 saturated heterocycles. The summed E-state index contributed by atoms with van der Waals surface area (Å²) in [7, 11) is 0. The van der Waals surface area contributed by atoms with Gasteiger partial charge < -0.3 is 14.2 Å². The highest BCUT2D eigenvalue weighted by Crippen LogP contribution is 2.42. The molecule has 134 valence electrons. The molecule has 0 radical (unpaired) electrons. The van der Waals surface area contributed by atoms with E-state index in [9.17, 15) is 0 Å². The second-order valence-corrected chi connectivity index (χ2v) is 7.48. The number of hydrogen-bond donors (Lipinski definition) is 0. The van der Waals surface area contributed by atoms with Gasteiger partial charge in [-0.3, -0.25) is 0 Å². The normalized spacial score (nSPS) is 26.4. The first-order valence-electron chi connectivity index (χ1n) is 9.71. The fourth-order valence-corrected chi connectivity index (χ4v) is 3.66. The van der Waals surface area contributed by atoms with Crippen molar-refractivity contribution >= 4 is 0 Å². The van der Waals surface area contributed by atoms with E-state index in [1.807, 2.05) is 0 Å². The molecule has 0 aromatic heterocycles. The maximum Gasteiger partial charge on any atom is 0.126 e. The number of rotatable bonds is 9. The van der Waals surface area contributed by atoms with Crippen LogP contribution < -0.4 is 9.47 Å². The highest BCUT2D eigenvalue weighted by Gasteiger charge is 2.49. The van der Waals surface area contributed by atoms with Gasteiger partial charge in [-0.1, -0.05) is 26.3 Å². The van der Waals surface area contributed by atoms with Gasteiger partial charge in [0.05, 0.1) is 24.9 Å². The van der Waals surface area contributed by atoms with Crippen LogP contribution in [0.2, 0.25) is 0 Å². The van der Waals surface area contributed by atoms with Crippen molar-refractivity contribution in [3.05, 3.63) is 23.8 Å². The topological polar surface area (TPSA) is 31.0 Å². The van der Waals surface area contributed by atoms with Crippen molar-refractivity contribution in [2.75, 3.05) is 13.2 Å². The molecule has 1 fully saturated rings. The monoisotopic (exact) mass is 332 g/mol. The van der Waals surface area contributed by atoms with Crippen molar-refractivity contribution in [2.45, 2.75) is 77.4 Å². The van der Waals surface area contributed by atoms with Crippen LogP contribution in [-0.2, 0) is 11.2 Å². The molecule has 3 unspecified atom stereocenters. The predicted octanol–water partition coefficient (Wildman–Crippen LogP) is 5.15. The van der Waals surface area contributed by atoms with Gasteiger partial charge in [0.25, 0.3) is 0 Å².